The minimum Gasteiger partial charge on any atom is -0.333 e. The fourth-order valence-corrected chi connectivity index (χ4v) is 1.36. The van der Waals surface area contributed by atoms with Crippen LogP contribution in [0, 0.1) is 5.41 Å². The second-order valence-corrected chi connectivity index (χ2v) is 6.59. The third kappa shape index (κ3) is 17.1. The molecule has 1 saturated heterocycles. The molecule has 2 N–H and O–H groups in total. The van der Waals surface area contributed by atoms with Crippen LogP contribution in [-0.2, 0) is 9.59 Å². The lowest BCUT2D eigenvalue weighted by molar-refractivity contribution is -0.113. The van der Waals surface area contributed by atoms with Crippen LogP contribution in [0.5, 0.6) is 0 Å². The monoisotopic (exact) mass is 304 g/mol. The van der Waals surface area contributed by atoms with Gasteiger partial charge >= 0.3 is 0 Å². The van der Waals surface area contributed by atoms with Crippen LogP contribution in [0.1, 0.15) is 52.9 Å². The zero-order chi connectivity index (χ0) is 16.9. The molecule has 0 aromatic carbocycles. The SMILES string of the molecule is CC(C)(C)CC=O.CN.CN1CCCC1.O=CC1(F)CC1. The smallest absolute Gasteiger partial charge is 0.166 e. The second-order valence-electron chi connectivity index (χ2n) is 6.59. The highest BCUT2D eigenvalue weighted by Crippen LogP contribution is 2.36. The van der Waals surface area contributed by atoms with Crippen LogP contribution in [0.2, 0.25) is 0 Å². The number of halogens is 1. The van der Waals surface area contributed by atoms with Gasteiger partial charge in [-0.2, -0.15) is 0 Å². The van der Waals surface area contributed by atoms with E-state index in [0.717, 1.165) is 6.29 Å². The molecule has 0 aromatic rings. The number of nitrogens with two attached hydrogens (primary N) is 1. The van der Waals surface area contributed by atoms with E-state index >= 15 is 0 Å². The fraction of sp³-hybridized carbons (Fsp3) is 0.875. The summed E-state index contributed by atoms with van der Waals surface area (Å²) in [5, 5.41) is 0. The summed E-state index contributed by atoms with van der Waals surface area (Å²) in [5.41, 5.74) is 3.29. The van der Waals surface area contributed by atoms with Crippen LogP contribution in [0.3, 0.4) is 0 Å². The first-order chi connectivity index (χ1) is 9.72. The molecule has 0 unspecified atom stereocenters. The molecule has 0 bridgehead atoms. The van der Waals surface area contributed by atoms with Crippen LogP contribution in [0.15, 0.2) is 0 Å². The summed E-state index contributed by atoms with van der Waals surface area (Å²) in [5.74, 6) is 0. The lowest BCUT2D eigenvalue weighted by Crippen LogP contribution is -2.10. The minimum absolute atomic E-state index is 0.182. The summed E-state index contributed by atoms with van der Waals surface area (Å²) in [6.07, 6.45) is 5.71. The quantitative estimate of drug-likeness (QED) is 0.797. The maximum absolute atomic E-state index is 11.9. The number of rotatable bonds is 2. The van der Waals surface area contributed by atoms with E-state index in [2.05, 4.69) is 17.7 Å². The molecular formula is C16H33FN2O2. The third-order valence-electron chi connectivity index (χ3n) is 2.96. The number of hydrogen-bond donors (Lipinski definition) is 1. The molecule has 2 fully saturated rings. The van der Waals surface area contributed by atoms with Crippen molar-refractivity contribution in [3.8, 4) is 0 Å². The molecule has 1 saturated carbocycles. The number of aldehydes is 2. The Bertz CT molecular complexity index is 268. The van der Waals surface area contributed by atoms with Gasteiger partial charge < -0.3 is 15.4 Å². The standard InChI is InChI=1S/C6H12O.C5H11N.C4H5FO.CH5N/c1-6(2,3)4-5-7;1-6-4-2-3-5-6;5-4(3-6)1-2-4;1-2/h5H,4H2,1-3H3;2-5H2,1H3;3H,1-2H2;2H2,1H3. The molecule has 21 heavy (non-hydrogen) atoms. The maximum atomic E-state index is 11.9. The van der Waals surface area contributed by atoms with Gasteiger partial charge in [0.15, 0.2) is 12.0 Å². The van der Waals surface area contributed by atoms with E-state index in [4.69, 9.17) is 0 Å². The topological polar surface area (TPSA) is 63.4 Å². The largest absolute Gasteiger partial charge is 0.333 e. The zero-order valence-corrected chi connectivity index (χ0v) is 14.3. The van der Waals surface area contributed by atoms with Crippen molar-refractivity contribution in [2.75, 3.05) is 27.2 Å². The van der Waals surface area contributed by atoms with Crippen molar-refractivity contribution in [2.24, 2.45) is 11.1 Å². The third-order valence-corrected chi connectivity index (χ3v) is 2.96. The van der Waals surface area contributed by atoms with Crippen LogP contribution < -0.4 is 5.73 Å². The highest BCUT2D eigenvalue weighted by Gasteiger charge is 2.42. The molecule has 1 heterocycles. The highest BCUT2D eigenvalue weighted by atomic mass is 19.1. The van der Waals surface area contributed by atoms with Gasteiger partial charge in [-0.25, -0.2) is 4.39 Å². The molecule has 126 valence electrons. The van der Waals surface area contributed by atoms with E-state index < -0.39 is 5.67 Å². The zero-order valence-electron chi connectivity index (χ0n) is 14.3. The number of hydrogen-bond acceptors (Lipinski definition) is 4. The average molecular weight is 304 g/mol. The molecule has 0 atom stereocenters. The van der Waals surface area contributed by atoms with Crippen LogP contribution >= 0.6 is 0 Å². The van der Waals surface area contributed by atoms with Crippen molar-refractivity contribution in [1.29, 1.82) is 0 Å². The minimum atomic E-state index is -1.39. The van der Waals surface area contributed by atoms with Crippen LogP contribution in [0.25, 0.3) is 0 Å². The van der Waals surface area contributed by atoms with E-state index in [0.29, 0.717) is 25.5 Å². The van der Waals surface area contributed by atoms with E-state index in [1.54, 1.807) is 0 Å². The lowest BCUT2D eigenvalue weighted by atomic mass is 9.93. The molecule has 2 rings (SSSR count). The first kappa shape index (κ1) is 22.5. The Balaban J connectivity index is 0. The molecule has 1 aliphatic heterocycles. The fourth-order valence-electron chi connectivity index (χ4n) is 1.36. The van der Waals surface area contributed by atoms with E-state index in [1.165, 1.54) is 33.0 Å². The molecule has 4 nitrogen and oxygen atoms in total. The number of carbonyl (C=O) groups excluding carboxylic acids is 2. The van der Waals surface area contributed by atoms with Gasteiger partial charge in [0.25, 0.3) is 0 Å². The Kier molecular flexibility index (Phi) is 12.6. The van der Waals surface area contributed by atoms with Gasteiger partial charge in [0.1, 0.15) is 6.29 Å². The van der Waals surface area contributed by atoms with Gasteiger partial charge in [0.05, 0.1) is 0 Å². The number of carbonyl (C=O) groups is 2. The molecule has 0 radical (unpaired) electrons. The predicted octanol–water partition coefficient (Wildman–Crippen LogP) is 2.60. The van der Waals surface area contributed by atoms with Gasteiger partial charge in [-0.05, 0) is 58.3 Å². The lowest BCUT2D eigenvalue weighted by Gasteiger charge is -2.11. The Hall–Kier alpha value is -0.810. The first-order valence-corrected chi connectivity index (χ1v) is 7.57. The van der Waals surface area contributed by atoms with Crippen molar-refractivity contribution < 1.29 is 14.0 Å². The molecule has 2 aliphatic rings. The van der Waals surface area contributed by atoms with Crippen molar-refractivity contribution in [2.45, 2.75) is 58.5 Å². The highest BCUT2D eigenvalue weighted by molar-refractivity contribution is 5.66. The molecule has 0 spiro atoms. The molecule has 1 aliphatic carbocycles. The van der Waals surface area contributed by atoms with E-state index in [1.807, 2.05) is 20.8 Å². The second kappa shape index (κ2) is 11.8. The van der Waals surface area contributed by atoms with Crippen molar-refractivity contribution in [3.05, 3.63) is 0 Å². The summed E-state index contributed by atoms with van der Waals surface area (Å²) in [6.45, 7) is 8.77. The summed E-state index contributed by atoms with van der Waals surface area (Å²) in [7, 11) is 3.67. The normalized spacial score (nSPS) is 18.8. The Labute approximate surface area is 129 Å². The maximum Gasteiger partial charge on any atom is 0.166 e. The number of likely N-dealkylation sites (tertiary alicyclic amines) is 1. The number of nitrogens with zero attached hydrogens (tertiary/aromatic N) is 1. The van der Waals surface area contributed by atoms with Crippen molar-refractivity contribution in [1.82, 2.24) is 4.90 Å². The van der Waals surface area contributed by atoms with E-state index in [9.17, 15) is 14.0 Å². The van der Waals surface area contributed by atoms with Gasteiger partial charge in [-0.3, -0.25) is 4.79 Å². The molecule has 0 aromatic heterocycles. The van der Waals surface area contributed by atoms with Crippen LogP contribution in [0.4, 0.5) is 4.39 Å². The van der Waals surface area contributed by atoms with Gasteiger partial charge in [0, 0.05) is 6.42 Å². The Morgan fingerprint density at radius 2 is 1.57 bits per heavy atom. The molecule has 5 heteroatoms. The first-order valence-electron chi connectivity index (χ1n) is 7.57. The van der Waals surface area contributed by atoms with Gasteiger partial charge in [-0.1, -0.05) is 20.8 Å². The summed E-state index contributed by atoms with van der Waals surface area (Å²) < 4.78 is 11.9. The average Bonchev–Trinajstić information content (AvgIpc) is 2.97. The summed E-state index contributed by atoms with van der Waals surface area (Å²) in [4.78, 5) is 21.7. The Morgan fingerprint density at radius 1 is 1.14 bits per heavy atom. The molecule has 0 amide bonds. The van der Waals surface area contributed by atoms with Crippen LogP contribution in [-0.4, -0.2) is 50.3 Å². The van der Waals surface area contributed by atoms with Crippen molar-refractivity contribution in [3.63, 3.8) is 0 Å². The summed E-state index contributed by atoms with van der Waals surface area (Å²) in [6, 6.07) is 0. The number of alkyl halides is 1. The predicted molar refractivity (Wildman–Crippen MR) is 86.1 cm³/mol. The van der Waals surface area contributed by atoms with E-state index in [-0.39, 0.29) is 5.41 Å². The molecular weight excluding hydrogens is 271 g/mol. The Morgan fingerprint density at radius 3 is 1.62 bits per heavy atom. The summed E-state index contributed by atoms with van der Waals surface area (Å²) >= 11 is 0. The van der Waals surface area contributed by atoms with Crippen molar-refractivity contribution >= 4 is 12.6 Å². The van der Waals surface area contributed by atoms with Gasteiger partial charge in [0.2, 0.25) is 0 Å². The van der Waals surface area contributed by atoms with Gasteiger partial charge in [-0.15, -0.1) is 0 Å².